The van der Waals surface area contributed by atoms with Gasteiger partial charge in [-0.15, -0.1) is 0 Å². The minimum atomic E-state index is -2.84. The smallest absolute Gasteiger partial charge is 0.473 e. The molecule has 4 heteroatoms. The topological polar surface area (TPSA) is 35.5 Å². The van der Waals surface area contributed by atoms with E-state index in [9.17, 15) is 4.79 Å². The minimum Gasteiger partial charge on any atom is -0.510 e. The highest BCUT2D eigenvalue weighted by Crippen LogP contribution is 2.55. The molecule has 3 rings (SSSR count). The standard InChI is InChI=1S/C19H24O3Si/c1-18(2,3)23(19(4,5)6)21-15-12-11-13-9-7-8-10-14(13)16(15)17(20)22-23/h7-12H,1-6H3. The van der Waals surface area contributed by atoms with Crippen LogP contribution in [0.1, 0.15) is 51.9 Å². The SMILES string of the molecule is CC(C)(C)[Si]1(C(C)(C)C)OC(=O)c2c(ccc3ccccc23)O1. The maximum absolute atomic E-state index is 12.9. The minimum absolute atomic E-state index is 0.232. The molecule has 1 aliphatic heterocycles. The molecule has 1 aliphatic rings. The number of hydrogen-bond donors (Lipinski definition) is 0. The maximum atomic E-state index is 12.9. The van der Waals surface area contributed by atoms with E-state index in [1.165, 1.54) is 0 Å². The first-order valence-electron chi connectivity index (χ1n) is 8.01. The molecule has 3 nitrogen and oxygen atoms in total. The molecule has 0 aliphatic carbocycles. The van der Waals surface area contributed by atoms with Gasteiger partial charge in [0.1, 0.15) is 11.3 Å². The third-order valence-electron chi connectivity index (χ3n) is 4.56. The van der Waals surface area contributed by atoms with Crippen LogP contribution in [0.2, 0.25) is 10.1 Å². The number of fused-ring (bicyclic) bond motifs is 3. The summed E-state index contributed by atoms with van der Waals surface area (Å²) in [6, 6.07) is 11.8. The van der Waals surface area contributed by atoms with Crippen molar-refractivity contribution >= 4 is 25.3 Å². The fourth-order valence-corrected chi connectivity index (χ4v) is 8.00. The average molecular weight is 328 g/mol. The molecular formula is C19H24O3Si. The van der Waals surface area contributed by atoms with Gasteiger partial charge in [-0.2, -0.15) is 0 Å². The molecule has 0 saturated carbocycles. The van der Waals surface area contributed by atoms with Gasteiger partial charge in [0.25, 0.3) is 0 Å². The van der Waals surface area contributed by atoms with E-state index in [1.54, 1.807) is 0 Å². The molecule has 0 N–H and O–H groups in total. The summed E-state index contributed by atoms with van der Waals surface area (Å²) in [4.78, 5) is 12.9. The first kappa shape index (κ1) is 16.1. The highest BCUT2D eigenvalue weighted by molar-refractivity contribution is 6.76. The van der Waals surface area contributed by atoms with Crippen LogP contribution in [-0.4, -0.2) is 14.5 Å². The van der Waals surface area contributed by atoms with Crippen molar-refractivity contribution in [2.75, 3.05) is 0 Å². The molecule has 1 heterocycles. The van der Waals surface area contributed by atoms with Gasteiger partial charge in [0.15, 0.2) is 0 Å². The van der Waals surface area contributed by atoms with Gasteiger partial charge in [-0.25, -0.2) is 4.79 Å². The predicted molar refractivity (Wildman–Crippen MR) is 95.2 cm³/mol. The van der Waals surface area contributed by atoms with Crippen molar-refractivity contribution < 1.29 is 13.6 Å². The summed E-state index contributed by atoms with van der Waals surface area (Å²) in [7, 11) is -2.84. The first-order chi connectivity index (χ1) is 10.6. The number of benzene rings is 2. The molecule has 2 aromatic carbocycles. The van der Waals surface area contributed by atoms with E-state index in [2.05, 4.69) is 41.5 Å². The fourth-order valence-electron chi connectivity index (χ4n) is 3.64. The van der Waals surface area contributed by atoms with E-state index in [-0.39, 0.29) is 16.0 Å². The Morgan fingerprint density at radius 3 is 2.04 bits per heavy atom. The number of carbonyl (C=O) groups is 1. The summed E-state index contributed by atoms with van der Waals surface area (Å²) in [6.45, 7) is 12.6. The molecule has 0 radical (unpaired) electrons. The molecule has 0 fully saturated rings. The van der Waals surface area contributed by atoms with Gasteiger partial charge in [-0.05, 0) is 16.8 Å². The van der Waals surface area contributed by atoms with Crippen LogP contribution >= 0.6 is 0 Å². The van der Waals surface area contributed by atoms with E-state index in [4.69, 9.17) is 8.85 Å². The van der Waals surface area contributed by atoms with Crippen molar-refractivity contribution in [3.63, 3.8) is 0 Å². The summed E-state index contributed by atoms with van der Waals surface area (Å²) in [5.41, 5.74) is 0.555. The fraction of sp³-hybridized carbons (Fsp3) is 0.421. The Balaban J connectivity index is 2.25. The molecule has 0 amide bonds. The summed E-state index contributed by atoms with van der Waals surface area (Å²) in [6.07, 6.45) is 0. The van der Waals surface area contributed by atoms with Crippen molar-refractivity contribution in [3.8, 4) is 5.75 Å². The summed E-state index contributed by atoms with van der Waals surface area (Å²) < 4.78 is 12.6. The van der Waals surface area contributed by atoms with Crippen LogP contribution in [0.5, 0.6) is 5.75 Å². The highest BCUT2D eigenvalue weighted by Gasteiger charge is 2.65. The summed E-state index contributed by atoms with van der Waals surface area (Å²) in [5, 5.41) is 1.45. The Morgan fingerprint density at radius 2 is 1.43 bits per heavy atom. The predicted octanol–water partition coefficient (Wildman–Crippen LogP) is 5.43. The Labute approximate surface area is 138 Å². The third-order valence-corrected chi connectivity index (χ3v) is 9.49. The lowest BCUT2D eigenvalue weighted by atomic mass is 10.0. The van der Waals surface area contributed by atoms with Crippen molar-refractivity contribution in [3.05, 3.63) is 42.0 Å². The van der Waals surface area contributed by atoms with E-state index in [0.717, 1.165) is 10.8 Å². The Bertz CT molecular complexity index is 767. The second-order valence-electron chi connectivity index (χ2n) is 8.27. The van der Waals surface area contributed by atoms with Crippen molar-refractivity contribution in [2.24, 2.45) is 0 Å². The molecule has 0 bridgehead atoms. The molecule has 122 valence electrons. The second-order valence-corrected chi connectivity index (χ2v) is 12.9. The Hall–Kier alpha value is -1.81. The Morgan fingerprint density at radius 1 is 0.826 bits per heavy atom. The van der Waals surface area contributed by atoms with Crippen molar-refractivity contribution in [1.29, 1.82) is 0 Å². The lowest BCUT2D eigenvalue weighted by Gasteiger charge is -2.49. The van der Waals surface area contributed by atoms with Crippen molar-refractivity contribution in [2.45, 2.75) is 51.6 Å². The van der Waals surface area contributed by atoms with Gasteiger partial charge in [-0.1, -0.05) is 71.9 Å². The third kappa shape index (κ3) is 2.27. The van der Waals surface area contributed by atoms with E-state index < -0.39 is 8.56 Å². The van der Waals surface area contributed by atoms with E-state index in [1.807, 2.05) is 36.4 Å². The van der Waals surface area contributed by atoms with Gasteiger partial charge in [-0.3, -0.25) is 0 Å². The van der Waals surface area contributed by atoms with Gasteiger partial charge in [0.2, 0.25) is 0 Å². The van der Waals surface area contributed by atoms with Crippen LogP contribution in [0.4, 0.5) is 0 Å². The van der Waals surface area contributed by atoms with Crippen LogP contribution in [0.25, 0.3) is 10.8 Å². The normalized spacial score (nSPS) is 17.4. The molecule has 0 unspecified atom stereocenters. The molecule has 0 aromatic heterocycles. The molecule has 0 saturated heterocycles. The number of hydrogen-bond acceptors (Lipinski definition) is 3. The van der Waals surface area contributed by atoms with Gasteiger partial charge >= 0.3 is 14.5 Å². The lowest BCUT2D eigenvalue weighted by molar-refractivity contribution is 0.0608. The zero-order valence-corrected chi connectivity index (χ0v) is 15.7. The molecule has 0 atom stereocenters. The summed E-state index contributed by atoms with van der Waals surface area (Å²) >= 11 is 0. The molecular weight excluding hydrogens is 304 g/mol. The van der Waals surface area contributed by atoms with Crippen LogP contribution < -0.4 is 4.43 Å². The van der Waals surface area contributed by atoms with E-state index >= 15 is 0 Å². The quantitative estimate of drug-likeness (QED) is 0.605. The molecule has 0 spiro atoms. The largest absolute Gasteiger partial charge is 0.510 e. The highest BCUT2D eigenvalue weighted by atomic mass is 28.4. The zero-order chi connectivity index (χ0) is 17.0. The monoisotopic (exact) mass is 328 g/mol. The van der Waals surface area contributed by atoms with Gasteiger partial charge < -0.3 is 8.85 Å². The second kappa shape index (κ2) is 4.84. The summed E-state index contributed by atoms with van der Waals surface area (Å²) in [5.74, 6) is 0.413. The average Bonchev–Trinajstić information content (AvgIpc) is 2.44. The van der Waals surface area contributed by atoms with Crippen LogP contribution in [0, 0.1) is 0 Å². The first-order valence-corrected chi connectivity index (χ1v) is 9.83. The molecule has 23 heavy (non-hydrogen) atoms. The van der Waals surface area contributed by atoms with Gasteiger partial charge in [0, 0.05) is 10.1 Å². The number of rotatable bonds is 0. The van der Waals surface area contributed by atoms with Crippen LogP contribution in [0.15, 0.2) is 36.4 Å². The van der Waals surface area contributed by atoms with Gasteiger partial charge in [0.05, 0.1) is 0 Å². The Kier molecular flexibility index (Phi) is 3.38. The van der Waals surface area contributed by atoms with Crippen LogP contribution in [-0.2, 0) is 4.43 Å². The van der Waals surface area contributed by atoms with Crippen molar-refractivity contribution in [1.82, 2.24) is 0 Å². The van der Waals surface area contributed by atoms with Crippen LogP contribution in [0.3, 0.4) is 0 Å². The zero-order valence-electron chi connectivity index (χ0n) is 14.7. The maximum Gasteiger partial charge on any atom is 0.473 e. The van der Waals surface area contributed by atoms with E-state index in [0.29, 0.717) is 11.3 Å². The lowest BCUT2D eigenvalue weighted by Crippen LogP contribution is -2.62. The molecule has 2 aromatic rings. The number of carbonyl (C=O) groups excluding carboxylic acids is 1.